The minimum Gasteiger partial charge on any atom is -0.756 e. The molecule has 0 bridgehead atoms. The fraction of sp³-hybridized carbons (Fsp3) is 0.667. The minimum atomic E-state index is -4.64. The Morgan fingerprint density at radius 2 is 1.13 bits per heavy atom. The van der Waals surface area contributed by atoms with E-state index < -0.39 is 32.5 Å². The number of allylic oxidation sites excluding steroid dienone is 12. The van der Waals surface area contributed by atoms with E-state index in [4.69, 9.17) is 18.5 Å². The van der Waals surface area contributed by atoms with Crippen LogP contribution in [-0.4, -0.2) is 70.0 Å². The Labute approximate surface area is 317 Å². The summed E-state index contributed by atoms with van der Waals surface area (Å²) in [6, 6.07) is 0. The number of ether oxygens (including phenoxy) is 2. The number of phosphoric ester groups is 1. The molecule has 0 amide bonds. The molecule has 2 atom stereocenters. The van der Waals surface area contributed by atoms with Crippen molar-refractivity contribution in [3.05, 3.63) is 72.9 Å². The zero-order valence-electron chi connectivity index (χ0n) is 33.2. The first kappa shape index (κ1) is 49.5. The number of phosphoric acid groups is 1. The normalized spacial score (nSPS) is 14.5. The molecule has 298 valence electrons. The molecule has 0 radical (unpaired) electrons. The third kappa shape index (κ3) is 37.2. The number of esters is 2. The fourth-order valence-electron chi connectivity index (χ4n) is 4.74. The van der Waals surface area contributed by atoms with Crippen LogP contribution in [0, 0.1) is 0 Å². The molecule has 0 rings (SSSR count). The second kappa shape index (κ2) is 34.2. The number of carbonyl (C=O) groups excluding carboxylic acids is 2. The van der Waals surface area contributed by atoms with Crippen LogP contribution in [0.2, 0.25) is 0 Å². The lowest BCUT2D eigenvalue weighted by Crippen LogP contribution is -2.37. The van der Waals surface area contributed by atoms with E-state index in [1.54, 1.807) is 0 Å². The van der Waals surface area contributed by atoms with Crippen LogP contribution in [0.3, 0.4) is 0 Å². The Balaban J connectivity index is 4.55. The standard InChI is InChI=1S/C42H72NO8P/c1-6-8-10-12-14-16-18-20-21-23-24-26-28-30-32-34-41(44)48-38-40(39-50-52(46,47)49-37-36-43(3,4)5)51-42(45)35-33-31-29-27-25-22-19-17-15-13-11-9-7-2/h9,11,13,15-19,22,25,27,29,40H,6-8,10,12,14,20-21,23-24,26,28,30-39H2,1-5H3/b11-9+,15-13+,18-16+,19-17+,25-22+,29-27+. The first-order chi connectivity index (χ1) is 25.0. The van der Waals surface area contributed by atoms with Gasteiger partial charge in [-0.1, -0.05) is 138 Å². The molecule has 9 nitrogen and oxygen atoms in total. The van der Waals surface area contributed by atoms with Gasteiger partial charge in [0.1, 0.15) is 19.8 Å². The van der Waals surface area contributed by atoms with Crippen molar-refractivity contribution in [2.24, 2.45) is 0 Å². The molecule has 52 heavy (non-hydrogen) atoms. The number of hydrogen-bond donors (Lipinski definition) is 0. The van der Waals surface area contributed by atoms with Gasteiger partial charge in [0.25, 0.3) is 7.82 Å². The van der Waals surface area contributed by atoms with Gasteiger partial charge in [0.15, 0.2) is 6.10 Å². The van der Waals surface area contributed by atoms with Crippen molar-refractivity contribution in [2.75, 3.05) is 47.5 Å². The van der Waals surface area contributed by atoms with Gasteiger partial charge in [0.2, 0.25) is 0 Å². The lowest BCUT2D eigenvalue weighted by Gasteiger charge is -2.28. The zero-order valence-corrected chi connectivity index (χ0v) is 34.1. The highest BCUT2D eigenvalue weighted by Crippen LogP contribution is 2.38. The second-order valence-corrected chi connectivity index (χ2v) is 15.4. The summed E-state index contributed by atoms with van der Waals surface area (Å²) in [6.07, 6.45) is 40.9. The maximum Gasteiger partial charge on any atom is 0.306 e. The van der Waals surface area contributed by atoms with Crippen molar-refractivity contribution in [2.45, 2.75) is 136 Å². The molecular weight excluding hydrogens is 677 g/mol. The minimum absolute atomic E-state index is 0.0486. The molecule has 0 spiro atoms. The fourth-order valence-corrected chi connectivity index (χ4v) is 5.46. The monoisotopic (exact) mass is 749 g/mol. The molecule has 0 aromatic heterocycles. The highest BCUT2D eigenvalue weighted by atomic mass is 31.2. The Morgan fingerprint density at radius 1 is 0.615 bits per heavy atom. The highest BCUT2D eigenvalue weighted by molar-refractivity contribution is 7.45. The van der Waals surface area contributed by atoms with Crippen LogP contribution in [-0.2, 0) is 32.7 Å². The summed E-state index contributed by atoms with van der Waals surface area (Å²) in [7, 11) is 1.10. The van der Waals surface area contributed by atoms with Crippen LogP contribution in [0.5, 0.6) is 0 Å². The third-order valence-corrected chi connectivity index (χ3v) is 8.80. The average Bonchev–Trinajstić information content (AvgIpc) is 3.09. The number of nitrogens with zero attached hydrogens (tertiary/aromatic N) is 1. The molecule has 0 saturated carbocycles. The molecule has 0 saturated heterocycles. The summed E-state index contributed by atoms with van der Waals surface area (Å²) < 4.78 is 33.7. The summed E-state index contributed by atoms with van der Waals surface area (Å²) in [4.78, 5) is 37.3. The van der Waals surface area contributed by atoms with Crippen molar-refractivity contribution in [3.8, 4) is 0 Å². The van der Waals surface area contributed by atoms with Crippen LogP contribution in [0.15, 0.2) is 72.9 Å². The topological polar surface area (TPSA) is 111 Å². The maximum atomic E-state index is 12.6. The quantitative estimate of drug-likeness (QED) is 0.0160. The van der Waals surface area contributed by atoms with E-state index in [0.29, 0.717) is 30.3 Å². The Bertz CT molecular complexity index is 1120. The highest BCUT2D eigenvalue weighted by Gasteiger charge is 2.21. The van der Waals surface area contributed by atoms with E-state index in [1.165, 1.54) is 51.4 Å². The number of unbranched alkanes of at least 4 members (excludes halogenated alkanes) is 12. The lowest BCUT2D eigenvalue weighted by atomic mass is 10.1. The molecule has 0 heterocycles. The van der Waals surface area contributed by atoms with Gasteiger partial charge in [-0.15, -0.1) is 0 Å². The number of hydrogen-bond acceptors (Lipinski definition) is 8. The van der Waals surface area contributed by atoms with E-state index >= 15 is 0 Å². The smallest absolute Gasteiger partial charge is 0.306 e. The van der Waals surface area contributed by atoms with Gasteiger partial charge >= 0.3 is 11.9 Å². The first-order valence-corrected chi connectivity index (χ1v) is 21.2. The molecule has 0 fully saturated rings. The Hall–Kier alpha value is -2.55. The molecule has 2 unspecified atom stereocenters. The predicted molar refractivity (Wildman–Crippen MR) is 213 cm³/mol. The van der Waals surface area contributed by atoms with Crippen molar-refractivity contribution in [1.82, 2.24) is 0 Å². The van der Waals surface area contributed by atoms with Crippen molar-refractivity contribution >= 4 is 19.8 Å². The molecule has 0 aliphatic carbocycles. The SMILES string of the molecule is CC/C=C/C=C/C=C/C=C/C=C/CCCC(=O)OC(COC(=O)CCCCCCCCC/C=C/CCCCCC)COP(=O)([O-])OCC[N+](C)(C)C. The van der Waals surface area contributed by atoms with Gasteiger partial charge in [-0.3, -0.25) is 14.2 Å². The molecule has 0 aromatic rings. The molecule has 0 aliphatic heterocycles. The second-order valence-electron chi connectivity index (χ2n) is 14.0. The van der Waals surface area contributed by atoms with Crippen LogP contribution in [0.4, 0.5) is 0 Å². The van der Waals surface area contributed by atoms with E-state index in [0.717, 1.165) is 32.1 Å². The first-order valence-electron chi connectivity index (χ1n) is 19.7. The molecule has 0 aromatic carbocycles. The van der Waals surface area contributed by atoms with E-state index in [1.807, 2.05) is 75.8 Å². The van der Waals surface area contributed by atoms with Gasteiger partial charge in [-0.25, -0.2) is 0 Å². The van der Waals surface area contributed by atoms with Gasteiger partial charge < -0.3 is 27.9 Å². The largest absolute Gasteiger partial charge is 0.756 e. The van der Waals surface area contributed by atoms with E-state index in [9.17, 15) is 19.0 Å². The summed E-state index contributed by atoms with van der Waals surface area (Å²) in [5, 5.41) is 0. The van der Waals surface area contributed by atoms with Crippen LogP contribution in [0.25, 0.3) is 0 Å². The molecular formula is C42H72NO8P. The average molecular weight is 750 g/mol. The molecule has 10 heteroatoms. The number of quaternary nitrogens is 1. The van der Waals surface area contributed by atoms with Crippen LogP contribution in [0.1, 0.15) is 129 Å². The summed E-state index contributed by atoms with van der Waals surface area (Å²) in [5.74, 6) is -0.935. The van der Waals surface area contributed by atoms with Crippen LogP contribution < -0.4 is 4.89 Å². The Morgan fingerprint density at radius 3 is 1.73 bits per heavy atom. The summed E-state index contributed by atoms with van der Waals surface area (Å²) in [6.45, 7) is 3.94. The van der Waals surface area contributed by atoms with E-state index in [-0.39, 0.29) is 26.1 Å². The van der Waals surface area contributed by atoms with Crippen molar-refractivity contribution in [3.63, 3.8) is 0 Å². The number of rotatable bonds is 34. The number of likely N-dealkylation sites (N-methyl/N-ethyl adjacent to an activating group) is 1. The third-order valence-electron chi connectivity index (χ3n) is 7.84. The van der Waals surface area contributed by atoms with Crippen molar-refractivity contribution in [1.29, 1.82) is 0 Å². The summed E-state index contributed by atoms with van der Waals surface area (Å²) >= 11 is 0. The number of carbonyl (C=O) groups is 2. The molecule has 0 aliphatic rings. The van der Waals surface area contributed by atoms with Gasteiger partial charge in [0.05, 0.1) is 27.7 Å². The van der Waals surface area contributed by atoms with Crippen LogP contribution >= 0.6 is 7.82 Å². The van der Waals surface area contributed by atoms with E-state index in [2.05, 4.69) is 32.1 Å². The lowest BCUT2D eigenvalue weighted by molar-refractivity contribution is -0.870. The maximum absolute atomic E-state index is 12.6. The van der Waals surface area contributed by atoms with Gasteiger partial charge in [0, 0.05) is 12.8 Å². The Kier molecular flexibility index (Phi) is 32.6. The van der Waals surface area contributed by atoms with Gasteiger partial charge in [-0.05, 0) is 51.4 Å². The summed E-state index contributed by atoms with van der Waals surface area (Å²) in [5.41, 5.74) is 0. The van der Waals surface area contributed by atoms with Gasteiger partial charge in [-0.2, -0.15) is 0 Å². The predicted octanol–water partition coefficient (Wildman–Crippen LogP) is 10.0. The van der Waals surface area contributed by atoms with Crippen molar-refractivity contribution < 1.29 is 42.1 Å². The molecule has 0 N–H and O–H groups in total. The zero-order chi connectivity index (χ0) is 38.6.